The maximum absolute atomic E-state index is 11.5. The Morgan fingerprint density at radius 3 is 3.00 bits per heavy atom. The van der Waals surface area contributed by atoms with Crippen molar-refractivity contribution in [3.63, 3.8) is 0 Å². The van der Waals surface area contributed by atoms with E-state index in [1.54, 1.807) is 6.21 Å². The number of carbonyl (C=O) groups excluding carboxylic acids is 1. The molecule has 64 valence electrons. The molecule has 3 saturated carbocycles. The Labute approximate surface area is 71.9 Å². The Morgan fingerprint density at radius 1 is 1.42 bits per heavy atom. The molecule has 0 aromatic carbocycles. The molecule has 0 amide bonds. The van der Waals surface area contributed by atoms with Crippen LogP contribution in [0.2, 0.25) is 0 Å². The number of fused-ring (bicyclic) bond motifs is 1. The monoisotopic (exact) mass is 163 g/mol. The summed E-state index contributed by atoms with van der Waals surface area (Å²) in [6, 6.07) is 0. The standard InChI is InChI=1S/C10H13NO/c11-5-10-2-1-6-7(3-10)8(4-10)9(6)12/h5-8,11H,1-4H2/t6-,7+,8+,10?/m0/s1. The van der Waals surface area contributed by atoms with Crippen molar-refractivity contribution in [3.05, 3.63) is 0 Å². The Hall–Kier alpha value is -0.660. The third-order valence-corrected chi connectivity index (χ3v) is 4.29. The molecule has 2 nitrogen and oxygen atoms in total. The van der Waals surface area contributed by atoms with Gasteiger partial charge in [-0.1, -0.05) is 0 Å². The zero-order chi connectivity index (χ0) is 8.34. The molecule has 2 heteroatoms. The summed E-state index contributed by atoms with van der Waals surface area (Å²) >= 11 is 0. The molecule has 0 saturated heterocycles. The topological polar surface area (TPSA) is 40.9 Å². The van der Waals surface area contributed by atoms with Gasteiger partial charge in [-0.05, 0) is 31.6 Å². The summed E-state index contributed by atoms with van der Waals surface area (Å²) in [4.78, 5) is 11.5. The van der Waals surface area contributed by atoms with Crippen LogP contribution in [0.25, 0.3) is 0 Å². The van der Waals surface area contributed by atoms with Crippen LogP contribution >= 0.6 is 0 Å². The SMILES string of the molecule is N=CC12CC[C@@H]3C(=O)[C@H](C1)[C@@H]3C2. The van der Waals surface area contributed by atoms with Crippen molar-refractivity contribution in [3.8, 4) is 0 Å². The van der Waals surface area contributed by atoms with Crippen LogP contribution in [0.15, 0.2) is 0 Å². The zero-order valence-electron chi connectivity index (χ0n) is 7.05. The van der Waals surface area contributed by atoms with E-state index in [0.717, 1.165) is 25.7 Å². The van der Waals surface area contributed by atoms with Gasteiger partial charge in [0, 0.05) is 23.5 Å². The van der Waals surface area contributed by atoms with Crippen molar-refractivity contribution in [1.29, 1.82) is 5.41 Å². The lowest BCUT2D eigenvalue weighted by Crippen LogP contribution is -2.44. The van der Waals surface area contributed by atoms with Crippen molar-refractivity contribution in [2.75, 3.05) is 0 Å². The summed E-state index contributed by atoms with van der Waals surface area (Å²) in [6.07, 6.45) is 5.91. The minimum absolute atomic E-state index is 0.151. The first-order chi connectivity index (χ1) is 5.76. The predicted octanol–water partition coefficient (Wildman–Crippen LogP) is 1.64. The van der Waals surface area contributed by atoms with E-state index in [9.17, 15) is 4.79 Å². The van der Waals surface area contributed by atoms with Crippen molar-refractivity contribution in [1.82, 2.24) is 0 Å². The molecule has 0 radical (unpaired) electrons. The van der Waals surface area contributed by atoms with Crippen LogP contribution in [0.1, 0.15) is 25.7 Å². The highest BCUT2D eigenvalue weighted by Gasteiger charge is 2.61. The van der Waals surface area contributed by atoms with Gasteiger partial charge in [0.05, 0.1) is 0 Å². The first-order valence-corrected chi connectivity index (χ1v) is 4.81. The molecule has 0 aromatic rings. The number of nitrogens with one attached hydrogen (secondary N) is 1. The number of hydrogen-bond acceptors (Lipinski definition) is 2. The minimum Gasteiger partial charge on any atom is -0.313 e. The van der Waals surface area contributed by atoms with Crippen molar-refractivity contribution >= 4 is 12.0 Å². The van der Waals surface area contributed by atoms with Gasteiger partial charge in [0.1, 0.15) is 5.78 Å². The lowest BCUT2D eigenvalue weighted by atomic mass is 9.62. The summed E-state index contributed by atoms with van der Waals surface area (Å²) in [5, 5.41) is 7.41. The molecule has 3 fully saturated rings. The first kappa shape index (κ1) is 6.81. The molecular weight excluding hydrogens is 150 g/mol. The van der Waals surface area contributed by atoms with Crippen LogP contribution in [0.3, 0.4) is 0 Å². The molecular formula is C10H13NO. The third kappa shape index (κ3) is 0.551. The van der Waals surface area contributed by atoms with Gasteiger partial charge in [-0.15, -0.1) is 0 Å². The van der Waals surface area contributed by atoms with Gasteiger partial charge in [0.25, 0.3) is 0 Å². The second-order valence-corrected chi connectivity index (χ2v) is 4.73. The molecule has 3 rings (SSSR count). The van der Waals surface area contributed by atoms with Crippen LogP contribution in [-0.4, -0.2) is 12.0 Å². The molecule has 0 aliphatic heterocycles. The third-order valence-electron chi connectivity index (χ3n) is 4.29. The van der Waals surface area contributed by atoms with Gasteiger partial charge >= 0.3 is 0 Å². The predicted molar refractivity (Wildman–Crippen MR) is 45.2 cm³/mol. The van der Waals surface area contributed by atoms with Crippen LogP contribution < -0.4 is 0 Å². The van der Waals surface area contributed by atoms with Gasteiger partial charge in [-0.2, -0.15) is 0 Å². The van der Waals surface area contributed by atoms with E-state index in [1.807, 2.05) is 0 Å². The maximum Gasteiger partial charge on any atom is 0.139 e. The summed E-state index contributed by atoms with van der Waals surface area (Å²) in [7, 11) is 0. The van der Waals surface area contributed by atoms with E-state index in [1.165, 1.54) is 0 Å². The van der Waals surface area contributed by atoms with Crippen LogP contribution in [0.5, 0.6) is 0 Å². The average Bonchev–Trinajstić information content (AvgIpc) is 2.26. The largest absolute Gasteiger partial charge is 0.313 e. The molecule has 0 spiro atoms. The van der Waals surface area contributed by atoms with Crippen LogP contribution in [0, 0.1) is 28.6 Å². The molecule has 0 aromatic heterocycles. The summed E-state index contributed by atoms with van der Waals surface area (Å²) in [5.41, 5.74) is 0.151. The minimum atomic E-state index is 0.151. The van der Waals surface area contributed by atoms with E-state index in [0.29, 0.717) is 23.5 Å². The summed E-state index contributed by atoms with van der Waals surface area (Å²) in [6.45, 7) is 0. The van der Waals surface area contributed by atoms with Crippen molar-refractivity contribution in [2.24, 2.45) is 23.2 Å². The van der Waals surface area contributed by atoms with Gasteiger partial charge in [-0.3, -0.25) is 4.79 Å². The van der Waals surface area contributed by atoms with E-state index in [2.05, 4.69) is 0 Å². The fourth-order valence-corrected chi connectivity index (χ4v) is 3.58. The Balaban J connectivity index is 2.00. The van der Waals surface area contributed by atoms with Crippen molar-refractivity contribution in [2.45, 2.75) is 25.7 Å². The fourth-order valence-electron chi connectivity index (χ4n) is 3.58. The second-order valence-electron chi connectivity index (χ2n) is 4.73. The molecule has 1 unspecified atom stereocenters. The Bertz CT molecular complexity index is 273. The number of hydrogen-bond donors (Lipinski definition) is 1. The van der Waals surface area contributed by atoms with E-state index >= 15 is 0 Å². The van der Waals surface area contributed by atoms with E-state index in [-0.39, 0.29) is 5.41 Å². The number of carbonyl (C=O) groups is 1. The number of Topliss-reactive ketones (excluding diaryl/α,β-unsaturated/α-hetero) is 1. The average molecular weight is 163 g/mol. The highest BCUT2D eigenvalue weighted by atomic mass is 16.1. The number of ketones is 1. The van der Waals surface area contributed by atoms with Crippen LogP contribution in [0.4, 0.5) is 0 Å². The molecule has 4 atom stereocenters. The quantitative estimate of drug-likeness (QED) is 0.586. The lowest BCUT2D eigenvalue weighted by Gasteiger charge is -2.40. The second kappa shape index (κ2) is 1.81. The van der Waals surface area contributed by atoms with Gasteiger partial charge < -0.3 is 5.41 Å². The lowest BCUT2D eigenvalue weighted by molar-refractivity contribution is -0.141. The summed E-state index contributed by atoms with van der Waals surface area (Å²) in [5.74, 6) is 1.96. The Kier molecular flexibility index (Phi) is 1.03. The van der Waals surface area contributed by atoms with E-state index < -0.39 is 0 Å². The Morgan fingerprint density at radius 2 is 2.25 bits per heavy atom. The number of rotatable bonds is 1. The highest BCUT2D eigenvalue weighted by molar-refractivity contribution is 5.92. The highest BCUT2D eigenvalue weighted by Crippen LogP contribution is 2.62. The van der Waals surface area contributed by atoms with Crippen molar-refractivity contribution < 1.29 is 4.79 Å². The maximum atomic E-state index is 11.5. The zero-order valence-corrected chi connectivity index (χ0v) is 7.05. The molecule has 12 heavy (non-hydrogen) atoms. The molecule has 2 bridgehead atoms. The first-order valence-electron chi connectivity index (χ1n) is 4.81. The van der Waals surface area contributed by atoms with Gasteiger partial charge in [-0.25, -0.2) is 0 Å². The molecule has 1 N–H and O–H groups in total. The van der Waals surface area contributed by atoms with Gasteiger partial charge in [0.15, 0.2) is 0 Å². The molecule has 3 aliphatic carbocycles. The molecule has 3 aliphatic rings. The summed E-state index contributed by atoms with van der Waals surface area (Å²) < 4.78 is 0. The normalized spacial score (nSPS) is 55.0. The van der Waals surface area contributed by atoms with Crippen LogP contribution in [-0.2, 0) is 4.79 Å². The smallest absolute Gasteiger partial charge is 0.139 e. The van der Waals surface area contributed by atoms with Gasteiger partial charge in [0.2, 0.25) is 0 Å². The molecule has 0 heterocycles. The fraction of sp³-hybridized carbons (Fsp3) is 0.800. The van der Waals surface area contributed by atoms with E-state index in [4.69, 9.17) is 5.41 Å².